The summed E-state index contributed by atoms with van der Waals surface area (Å²) in [7, 11) is 0. The minimum absolute atomic E-state index is 0.0732. The maximum absolute atomic E-state index is 13.5. The number of carbonyl (C=O) groups excluding carboxylic acids is 1. The fourth-order valence-corrected chi connectivity index (χ4v) is 1.92. The van der Waals surface area contributed by atoms with E-state index in [1.54, 1.807) is 26.8 Å². The van der Waals surface area contributed by atoms with Crippen LogP contribution in [0.4, 0.5) is 4.39 Å². The Morgan fingerprint density at radius 1 is 1.43 bits per heavy atom. The van der Waals surface area contributed by atoms with Gasteiger partial charge in [-0.25, -0.2) is 9.18 Å². The van der Waals surface area contributed by atoms with Gasteiger partial charge in [0.05, 0.1) is 0 Å². The quantitative estimate of drug-likeness (QED) is 0.844. The zero-order valence-corrected chi connectivity index (χ0v) is 13.5. The Morgan fingerprint density at radius 2 is 2.05 bits per heavy atom. The Kier molecular flexibility index (Phi) is 5.71. The molecule has 5 nitrogen and oxygen atoms in total. The van der Waals surface area contributed by atoms with E-state index in [1.807, 2.05) is 0 Å². The second-order valence-corrected chi connectivity index (χ2v) is 6.48. The Morgan fingerprint density at radius 3 is 2.52 bits per heavy atom. The van der Waals surface area contributed by atoms with Crippen LogP contribution < -0.4 is 10.1 Å². The summed E-state index contributed by atoms with van der Waals surface area (Å²) >= 11 is 3.11. The van der Waals surface area contributed by atoms with Crippen LogP contribution in [0, 0.1) is 11.2 Å². The highest BCUT2D eigenvalue weighted by Gasteiger charge is 2.32. The molecule has 21 heavy (non-hydrogen) atoms. The molecule has 0 heterocycles. The normalized spacial score (nSPS) is 12.6. The number of carboxylic acids is 1. The van der Waals surface area contributed by atoms with Crippen LogP contribution in [0.15, 0.2) is 22.7 Å². The molecule has 0 unspecified atom stereocenters. The molecule has 0 aliphatic carbocycles. The van der Waals surface area contributed by atoms with E-state index in [9.17, 15) is 14.0 Å². The van der Waals surface area contributed by atoms with E-state index in [1.165, 1.54) is 12.1 Å². The second kappa shape index (κ2) is 6.89. The van der Waals surface area contributed by atoms with Gasteiger partial charge in [0, 0.05) is 4.47 Å². The van der Waals surface area contributed by atoms with E-state index >= 15 is 0 Å². The third kappa shape index (κ3) is 5.34. The molecule has 0 spiro atoms. The van der Waals surface area contributed by atoms with Crippen LogP contribution in [0.2, 0.25) is 0 Å². The average Bonchev–Trinajstić information content (AvgIpc) is 2.33. The molecule has 7 heteroatoms. The molecule has 1 atom stereocenters. The van der Waals surface area contributed by atoms with E-state index in [0.29, 0.717) is 4.47 Å². The van der Waals surface area contributed by atoms with E-state index in [0.717, 1.165) is 0 Å². The summed E-state index contributed by atoms with van der Waals surface area (Å²) < 4.78 is 19.1. The van der Waals surface area contributed by atoms with Crippen LogP contribution in [0.5, 0.6) is 5.75 Å². The molecular weight excluding hydrogens is 345 g/mol. The number of carboxylic acid groups (broad SMARTS) is 1. The molecule has 0 bridgehead atoms. The maximum atomic E-state index is 13.5. The van der Waals surface area contributed by atoms with Crippen molar-refractivity contribution in [3.63, 3.8) is 0 Å². The van der Waals surface area contributed by atoms with E-state index < -0.39 is 35.8 Å². The molecule has 0 saturated heterocycles. The zero-order valence-electron chi connectivity index (χ0n) is 11.9. The molecule has 0 aliphatic heterocycles. The monoisotopic (exact) mass is 361 g/mol. The second-order valence-electron chi connectivity index (χ2n) is 5.57. The van der Waals surface area contributed by atoms with Crippen molar-refractivity contribution in [1.29, 1.82) is 0 Å². The zero-order chi connectivity index (χ0) is 16.2. The van der Waals surface area contributed by atoms with Crippen LogP contribution in [0.3, 0.4) is 0 Å². The van der Waals surface area contributed by atoms with E-state index in [4.69, 9.17) is 9.84 Å². The van der Waals surface area contributed by atoms with Gasteiger partial charge in [0.2, 0.25) is 0 Å². The maximum Gasteiger partial charge on any atom is 0.326 e. The summed E-state index contributed by atoms with van der Waals surface area (Å²) in [6.45, 7) is 4.63. The summed E-state index contributed by atoms with van der Waals surface area (Å²) in [5, 5.41) is 11.5. The lowest BCUT2D eigenvalue weighted by molar-refractivity contribution is -0.145. The molecule has 1 amide bonds. The van der Waals surface area contributed by atoms with Crippen molar-refractivity contribution < 1.29 is 23.8 Å². The van der Waals surface area contributed by atoms with Crippen molar-refractivity contribution in [3.05, 3.63) is 28.5 Å². The van der Waals surface area contributed by atoms with Crippen LogP contribution >= 0.6 is 15.9 Å². The largest absolute Gasteiger partial charge is 0.481 e. The molecule has 0 radical (unpaired) electrons. The van der Waals surface area contributed by atoms with Crippen molar-refractivity contribution in [2.75, 3.05) is 6.61 Å². The number of rotatable bonds is 5. The van der Waals surface area contributed by atoms with Gasteiger partial charge in [-0.1, -0.05) is 36.7 Å². The van der Waals surface area contributed by atoms with Gasteiger partial charge in [0.25, 0.3) is 5.91 Å². The van der Waals surface area contributed by atoms with E-state index in [2.05, 4.69) is 21.2 Å². The third-order valence-electron chi connectivity index (χ3n) is 2.67. The smallest absolute Gasteiger partial charge is 0.326 e. The average molecular weight is 362 g/mol. The first-order valence-electron chi connectivity index (χ1n) is 6.21. The summed E-state index contributed by atoms with van der Waals surface area (Å²) in [6, 6.07) is 3.11. The standard InChI is InChI=1S/C14H17BrFNO4/c1-14(2,3)12(13(19)20)17-11(18)7-21-10-5-4-8(15)6-9(10)16/h4-6,12H,7H2,1-3H3,(H,17,18)(H,19,20)/t12-/m1/s1. The van der Waals surface area contributed by atoms with Gasteiger partial charge < -0.3 is 15.2 Å². The van der Waals surface area contributed by atoms with Crippen molar-refractivity contribution >= 4 is 27.8 Å². The first kappa shape index (κ1) is 17.4. The summed E-state index contributed by atoms with van der Waals surface area (Å²) in [6.07, 6.45) is 0. The highest BCUT2D eigenvalue weighted by molar-refractivity contribution is 9.10. The molecule has 1 rings (SSSR count). The lowest BCUT2D eigenvalue weighted by Gasteiger charge is -2.27. The number of hydrogen-bond donors (Lipinski definition) is 2. The van der Waals surface area contributed by atoms with Crippen LogP contribution in [-0.4, -0.2) is 29.6 Å². The number of nitrogens with one attached hydrogen (secondary N) is 1. The molecule has 0 saturated carbocycles. The highest BCUT2D eigenvalue weighted by Crippen LogP contribution is 2.22. The molecule has 0 fully saturated rings. The van der Waals surface area contributed by atoms with Gasteiger partial charge in [-0.3, -0.25) is 4.79 Å². The lowest BCUT2D eigenvalue weighted by atomic mass is 9.87. The number of hydrogen-bond acceptors (Lipinski definition) is 3. The molecule has 0 aromatic heterocycles. The predicted octanol–water partition coefficient (Wildman–Crippen LogP) is 2.58. The topological polar surface area (TPSA) is 75.6 Å². The fourth-order valence-electron chi connectivity index (χ4n) is 1.59. The van der Waals surface area contributed by atoms with Gasteiger partial charge in [-0.05, 0) is 23.6 Å². The van der Waals surface area contributed by atoms with Gasteiger partial charge in [0.15, 0.2) is 18.2 Å². The Labute approximate surface area is 130 Å². The van der Waals surface area contributed by atoms with Crippen molar-refractivity contribution in [1.82, 2.24) is 5.32 Å². The Bertz CT molecular complexity index is 542. The van der Waals surface area contributed by atoms with Gasteiger partial charge in [-0.2, -0.15) is 0 Å². The predicted molar refractivity (Wildman–Crippen MR) is 78.6 cm³/mol. The van der Waals surface area contributed by atoms with Crippen molar-refractivity contribution in [2.24, 2.45) is 5.41 Å². The van der Waals surface area contributed by atoms with Gasteiger partial charge >= 0.3 is 5.97 Å². The first-order chi connectivity index (χ1) is 9.61. The number of carbonyl (C=O) groups is 2. The SMILES string of the molecule is CC(C)(C)[C@H](NC(=O)COc1ccc(Br)cc1F)C(=O)O. The van der Waals surface area contributed by atoms with Crippen molar-refractivity contribution in [2.45, 2.75) is 26.8 Å². The molecule has 0 aliphatic rings. The Hall–Kier alpha value is -1.63. The summed E-state index contributed by atoms with van der Waals surface area (Å²) in [5.74, 6) is -2.44. The number of aliphatic carboxylic acids is 1. The lowest BCUT2D eigenvalue weighted by Crippen LogP contribution is -2.50. The van der Waals surface area contributed by atoms with Crippen LogP contribution in [-0.2, 0) is 9.59 Å². The minimum atomic E-state index is -1.13. The molecule has 116 valence electrons. The van der Waals surface area contributed by atoms with Gasteiger partial charge in [-0.15, -0.1) is 0 Å². The molecule has 2 N–H and O–H groups in total. The third-order valence-corrected chi connectivity index (χ3v) is 3.16. The molecule has 1 aromatic rings. The van der Waals surface area contributed by atoms with E-state index in [-0.39, 0.29) is 5.75 Å². The molecule has 1 aromatic carbocycles. The minimum Gasteiger partial charge on any atom is -0.481 e. The number of ether oxygens (including phenoxy) is 1. The first-order valence-corrected chi connectivity index (χ1v) is 7.00. The highest BCUT2D eigenvalue weighted by atomic mass is 79.9. The van der Waals surface area contributed by atoms with Crippen LogP contribution in [0.25, 0.3) is 0 Å². The van der Waals surface area contributed by atoms with Gasteiger partial charge in [0.1, 0.15) is 6.04 Å². The summed E-state index contributed by atoms with van der Waals surface area (Å²) in [4.78, 5) is 22.9. The van der Waals surface area contributed by atoms with Crippen LogP contribution in [0.1, 0.15) is 20.8 Å². The Balaban J connectivity index is 2.63. The number of benzene rings is 1. The van der Waals surface area contributed by atoms with Crippen molar-refractivity contribution in [3.8, 4) is 5.75 Å². The fraction of sp³-hybridized carbons (Fsp3) is 0.429. The number of amides is 1. The molecular formula is C14H17BrFNO4. The number of halogens is 2. The summed E-state index contributed by atoms with van der Waals surface area (Å²) in [5.41, 5.74) is -0.648.